The number of carbonyl (C=O) groups is 1. The summed E-state index contributed by atoms with van der Waals surface area (Å²) in [6.45, 7) is 8.34. The molecule has 2 rings (SSSR count). The molecule has 1 fully saturated rings. The molecule has 0 N–H and O–H groups in total. The molecule has 1 saturated heterocycles. The maximum atomic E-state index is 12.8. The smallest absolute Gasteiger partial charge is 0.410 e. The number of rotatable bonds is 4. The molecule has 7 heteroatoms. The number of nitrogens with zero attached hydrogens (tertiary/aromatic N) is 2. The van der Waals surface area contributed by atoms with Gasteiger partial charge in [0.15, 0.2) is 0 Å². The summed E-state index contributed by atoms with van der Waals surface area (Å²) in [6.07, 6.45) is 1.11. The number of aryl methyl sites for hydroxylation is 1. The lowest BCUT2D eigenvalue weighted by Crippen LogP contribution is -2.51. The second-order valence-corrected chi connectivity index (χ2v) is 9.95. The van der Waals surface area contributed by atoms with Crippen LogP contribution in [0.1, 0.15) is 44.7 Å². The molecular formula is C19H30N2O4S. The average molecular weight is 383 g/mol. The van der Waals surface area contributed by atoms with Crippen molar-refractivity contribution in [3.05, 3.63) is 35.4 Å². The molecule has 6 nitrogen and oxygen atoms in total. The van der Waals surface area contributed by atoms with E-state index in [0.29, 0.717) is 13.1 Å². The lowest BCUT2D eigenvalue weighted by molar-refractivity contribution is 0.0163. The fourth-order valence-electron chi connectivity index (χ4n) is 3.04. The molecule has 1 unspecified atom stereocenters. The molecule has 0 aromatic heterocycles. The zero-order chi connectivity index (χ0) is 19.5. The van der Waals surface area contributed by atoms with Crippen molar-refractivity contribution in [3.63, 3.8) is 0 Å². The van der Waals surface area contributed by atoms with Crippen LogP contribution in [-0.2, 0) is 20.5 Å². The molecule has 0 saturated carbocycles. The van der Waals surface area contributed by atoms with E-state index in [0.717, 1.165) is 24.0 Å². The molecule has 1 aliphatic rings. The van der Waals surface area contributed by atoms with Crippen molar-refractivity contribution in [2.45, 2.75) is 57.9 Å². The Kier molecular flexibility index (Phi) is 6.34. The Balaban J connectivity index is 2.07. The molecule has 1 aromatic carbocycles. The third kappa shape index (κ3) is 5.45. The van der Waals surface area contributed by atoms with E-state index in [1.807, 2.05) is 52.0 Å². The quantitative estimate of drug-likeness (QED) is 0.802. The molecule has 1 amide bonds. The summed E-state index contributed by atoms with van der Waals surface area (Å²) >= 11 is 0. The molecule has 26 heavy (non-hydrogen) atoms. The summed E-state index contributed by atoms with van der Waals surface area (Å²) in [5, 5.41) is 0. The van der Waals surface area contributed by atoms with Crippen LogP contribution in [-0.4, -0.2) is 55.5 Å². The minimum absolute atomic E-state index is 0.0287. The molecule has 1 aromatic rings. The van der Waals surface area contributed by atoms with Crippen molar-refractivity contribution >= 4 is 16.1 Å². The third-order valence-electron chi connectivity index (χ3n) is 4.60. The van der Waals surface area contributed by atoms with E-state index in [1.54, 1.807) is 11.9 Å². The van der Waals surface area contributed by atoms with Gasteiger partial charge in [-0.05, 0) is 51.7 Å². The largest absolute Gasteiger partial charge is 0.444 e. The summed E-state index contributed by atoms with van der Waals surface area (Å²) in [5.41, 5.74) is 1.20. The van der Waals surface area contributed by atoms with Crippen molar-refractivity contribution < 1.29 is 17.9 Å². The van der Waals surface area contributed by atoms with E-state index in [9.17, 15) is 13.2 Å². The monoisotopic (exact) mass is 382 g/mol. The SMILES string of the molecule is Cc1ccccc1CS(=O)(=O)N(C)C1CCCN(C(=O)OC(C)(C)C)C1. The minimum Gasteiger partial charge on any atom is -0.444 e. The Morgan fingerprint density at radius 2 is 1.96 bits per heavy atom. The Morgan fingerprint density at radius 3 is 2.58 bits per heavy atom. The summed E-state index contributed by atoms with van der Waals surface area (Å²) in [5.74, 6) is -0.0287. The highest BCUT2D eigenvalue weighted by molar-refractivity contribution is 7.88. The first-order chi connectivity index (χ1) is 12.0. The van der Waals surface area contributed by atoms with E-state index in [-0.39, 0.29) is 17.9 Å². The second kappa shape index (κ2) is 7.96. The highest BCUT2D eigenvalue weighted by atomic mass is 32.2. The molecule has 0 bridgehead atoms. The summed E-state index contributed by atoms with van der Waals surface area (Å²) in [6, 6.07) is 7.27. The van der Waals surface area contributed by atoms with Gasteiger partial charge >= 0.3 is 6.09 Å². The first-order valence-corrected chi connectivity index (χ1v) is 10.6. The molecule has 1 atom stereocenters. The molecule has 0 spiro atoms. The maximum Gasteiger partial charge on any atom is 0.410 e. The predicted molar refractivity (Wildman–Crippen MR) is 102 cm³/mol. The molecular weight excluding hydrogens is 352 g/mol. The topological polar surface area (TPSA) is 66.9 Å². The van der Waals surface area contributed by atoms with E-state index < -0.39 is 15.6 Å². The van der Waals surface area contributed by atoms with Gasteiger partial charge in [-0.1, -0.05) is 24.3 Å². The van der Waals surface area contributed by atoms with E-state index >= 15 is 0 Å². The van der Waals surface area contributed by atoms with E-state index in [2.05, 4.69) is 0 Å². The molecule has 0 aliphatic carbocycles. The molecule has 1 aliphatic heterocycles. The fourth-order valence-corrected chi connectivity index (χ4v) is 4.59. The van der Waals surface area contributed by atoms with Crippen LogP contribution in [0.2, 0.25) is 0 Å². The number of likely N-dealkylation sites (tertiary alicyclic amines) is 1. The Morgan fingerprint density at radius 1 is 1.31 bits per heavy atom. The zero-order valence-corrected chi connectivity index (χ0v) is 17.2. The fraction of sp³-hybridized carbons (Fsp3) is 0.632. The highest BCUT2D eigenvalue weighted by Crippen LogP contribution is 2.22. The second-order valence-electron chi connectivity index (χ2n) is 7.92. The van der Waals surface area contributed by atoms with E-state index in [1.165, 1.54) is 4.31 Å². The average Bonchev–Trinajstić information content (AvgIpc) is 2.54. The number of piperidine rings is 1. The van der Waals surface area contributed by atoms with Crippen LogP contribution in [0, 0.1) is 6.92 Å². The zero-order valence-electron chi connectivity index (χ0n) is 16.4. The van der Waals surface area contributed by atoms with Crippen molar-refractivity contribution in [1.82, 2.24) is 9.21 Å². The van der Waals surface area contributed by atoms with Crippen molar-refractivity contribution in [3.8, 4) is 0 Å². The number of carbonyl (C=O) groups excluding carboxylic acids is 1. The van der Waals surface area contributed by atoms with Crippen LogP contribution in [0.25, 0.3) is 0 Å². The number of sulfonamides is 1. The van der Waals surface area contributed by atoms with Gasteiger partial charge in [-0.3, -0.25) is 0 Å². The number of hydrogen-bond donors (Lipinski definition) is 0. The van der Waals surface area contributed by atoms with Gasteiger partial charge in [-0.2, -0.15) is 4.31 Å². The van der Waals surface area contributed by atoms with Crippen molar-refractivity contribution in [1.29, 1.82) is 0 Å². The standard InChI is InChI=1S/C19H30N2O4S/c1-15-9-6-7-10-16(15)14-26(23,24)20(5)17-11-8-12-21(13-17)18(22)25-19(2,3)4/h6-7,9-10,17H,8,11-14H2,1-5H3. The third-order valence-corrected chi connectivity index (χ3v) is 6.45. The van der Waals surface area contributed by atoms with Crippen LogP contribution in [0.15, 0.2) is 24.3 Å². The first-order valence-electron chi connectivity index (χ1n) is 8.98. The van der Waals surface area contributed by atoms with Gasteiger partial charge in [0.25, 0.3) is 0 Å². The number of ether oxygens (including phenoxy) is 1. The van der Waals surface area contributed by atoms with Gasteiger partial charge in [-0.15, -0.1) is 0 Å². The molecule has 146 valence electrons. The number of likely N-dealkylation sites (N-methyl/N-ethyl adjacent to an activating group) is 1. The van der Waals surface area contributed by atoms with Crippen LogP contribution in [0.5, 0.6) is 0 Å². The molecule has 1 heterocycles. The van der Waals surface area contributed by atoms with Crippen LogP contribution < -0.4 is 0 Å². The van der Waals surface area contributed by atoms with Gasteiger partial charge in [0.05, 0.1) is 5.75 Å². The van der Waals surface area contributed by atoms with Crippen LogP contribution >= 0.6 is 0 Å². The molecule has 0 radical (unpaired) electrons. The lowest BCUT2D eigenvalue weighted by Gasteiger charge is -2.37. The maximum absolute atomic E-state index is 12.8. The first kappa shape index (κ1) is 20.7. The predicted octanol–water partition coefficient (Wildman–Crippen LogP) is 3.16. The highest BCUT2D eigenvalue weighted by Gasteiger charge is 2.33. The number of benzene rings is 1. The van der Waals surface area contributed by atoms with Gasteiger partial charge < -0.3 is 9.64 Å². The van der Waals surface area contributed by atoms with Crippen LogP contribution in [0.4, 0.5) is 4.79 Å². The summed E-state index contributed by atoms with van der Waals surface area (Å²) in [4.78, 5) is 13.9. The number of hydrogen-bond acceptors (Lipinski definition) is 4. The Hall–Kier alpha value is -1.60. The van der Waals surface area contributed by atoms with Gasteiger partial charge in [0.1, 0.15) is 5.60 Å². The summed E-state index contributed by atoms with van der Waals surface area (Å²) in [7, 11) is -1.86. The lowest BCUT2D eigenvalue weighted by atomic mass is 10.1. The van der Waals surface area contributed by atoms with Gasteiger partial charge in [0.2, 0.25) is 10.0 Å². The van der Waals surface area contributed by atoms with Crippen molar-refractivity contribution in [2.24, 2.45) is 0 Å². The van der Waals surface area contributed by atoms with Crippen LogP contribution in [0.3, 0.4) is 0 Å². The Labute approximate surface area is 157 Å². The summed E-state index contributed by atoms with van der Waals surface area (Å²) < 4.78 is 32.5. The van der Waals surface area contributed by atoms with Gasteiger partial charge in [-0.25, -0.2) is 13.2 Å². The Bertz CT molecular complexity index is 740. The normalized spacial score (nSPS) is 18.8. The minimum atomic E-state index is -3.47. The number of amides is 1. The van der Waals surface area contributed by atoms with Crippen molar-refractivity contribution in [2.75, 3.05) is 20.1 Å². The van der Waals surface area contributed by atoms with Gasteiger partial charge in [0, 0.05) is 26.2 Å². The van der Waals surface area contributed by atoms with E-state index in [4.69, 9.17) is 4.74 Å².